The third kappa shape index (κ3) is 2.79. The van der Waals surface area contributed by atoms with E-state index < -0.39 is 0 Å². The van der Waals surface area contributed by atoms with Gasteiger partial charge in [-0.1, -0.05) is 39.0 Å². The quantitative estimate of drug-likeness (QED) is 0.593. The second kappa shape index (κ2) is 5.92. The van der Waals surface area contributed by atoms with Gasteiger partial charge in [0.05, 0.1) is 11.1 Å². The van der Waals surface area contributed by atoms with Crippen LogP contribution in [0.1, 0.15) is 37.6 Å². The van der Waals surface area contributed by atoms with E-state index in [2.05, 4.69) is 25.8 Å². The molecule has 130 valence electrons. The number of hydrogen-bond acceptors (Lipinski definition) is 3. The number of para-hydroxylation sites is 1. The number of aromatic amines is 1. The summed E-state index contributed by atoms with van der Waals surface area (Å²) in [6.07, 6.45) is 3.18. The molecule has 2 heterocycles. The molecule has 0 aliphatic heterocycles. The van der Waals surface area contributed by atoms with E-state index in [1.807, 2.05) is 30.3 Å². The van der Waals surface area contributed by atoms with E-state index in [4.69, 9.17) is 12.2 Å². The zero-order valence-corrected chi connectivity index (χ0v) is 16.4. The van der Waals surface area contributed by atoms with Crippen molar-refractivity contribution in [2.75, 3.05) is 0 Å². The third-order valence-corrected chi connectivity index (χ3v) is 6.80. The second-order valence-electron chi connectivity index (χ2n) is 7.92. The van der Waals surface area contributed by atoms with Crippen LogP contribution in [0.3, 0.4) is 0 Å². The van der Waals surface area contributed by atoms with Crippen molar-refractivity contribution in [3.63, 3.8) is 0 Å². The molecule has 0 bridgehead atoms. The summed E-state index contributed by atoms with van der Waals surface area (Å²) in [7, 11) is 0. The number of nitrogens with zero attached hydrogens (tertiary/aromatic N) is 1. The van der Waals surface area contributed by atoms with Crippen molar-refractivity contribution >= 4 is 33.8 Å². The fourth-order valence-electron chi connectivity index (χ4n) is 3.81. The molecule has 2 aromatic heterocycles. The molecule has 1 aliphatic rings. The fraction of sp³-hybridized carbons (Fsp3) is 0.400. The van der Waals surface area contributed by atoms with Crippen LogP contribution in [0, 0.1) is 16.1 Å². The maximum atomic E-state index is 13.2. The summed E-state index contributed by atoms with van der Waals surface area (Å²) >= 11 is 7.20. The Bertz CT molecular complexity index is 1050. The number of fused-ring (bicyclic) bond motifs is 3. The minimum Gasteiger partial charge on any atom is -0.323 e. The van der Waals surface area contributed by atoms with Crippen molar-refractivity contribution in [2.45, 2.75) is 40.0 Å². The van der Waals surface area contributed by atoms with Gasteiger partial charge in [-0.2, -0.15) is 0 Å². The van der Waals surface area contributed by atoms with Crippen LogP contribution in [0.5, 0.6) is 0 Å². The molecule has 0 radical (unpaired) electrons. The van der Waals surface area contributed by atoms with Crippen molar-refractivity contribution in [3.05, 3.63) is 55.9 Å². The molecule has 5 heteroatoms. The van der Waals surface area contributed by atoms with Gasteiger partial charge in [0.2, 0.25) is 0 Å². The topological polar surface area (TPSA) is 37.8 Å². The lowest BCUT2D eigenvalue weighted by molar-refractivity contribution is 0.218. The Hall–Kier alpha value is -1.72. The molecule has 0 spiro atoms. The highest BCUT2D eigenvalue weighted by Crippen LogP contribution is 2.42. The lowest BCUT2D eigenvalue weighted by atomic mass is 9.72. The van der Waals surface area contributed by atoms with Crippen LogP contribution in [-0.2, 0) is 12.8 Å². The molecule has 1 atom stereocenters. The van der Waals surface area contributed by atoms with Gasteiger partial charge in [0.25, 0.3) is 5.56 Å². The number of hydrogen-bond donors (Lipinski definition) is 1. The molecule has 4 rings (SSSR count). The first-order chi connectivity index (χ1) is 11.9. The van der Waals surface area contributed by atoms with Crippen molar-refractivity contribution in [3.8, 4) is 5.69 Å². The SMILES string of the molecule is CC(C)(C)[C@H]1CCc2c(sc3[nH]c(=S)n(-c4ccccc4)c(=O)c23)C1. The maximum absolute atomic E-state index is 13.2. The molecule has 0 saturated carbocycles. The molecule has 3 aromatic rings. The van der Waals surface area contributed by atoms with E-state index in [-0.39, 0.29) is 5.56 Å². The Labute approximate surface area is 156 Å². The molecule has 1 aromatic carbocycles. The summed E-state index contributed by atoms with van der Waals surface area (Å²) in [4.78, 5) is 18.8. The summed E-state index contributed by atoms with van der Waals surface area (Å²) < 4.78 is 2.09. The van der Waals surface area contributed by atoms with Gasteiger partial charge >= 0.3 is 0 Å². The normalized spacial score (nSPS) is 17.6. The minimum atomic E-state index is 0.0108. The standard InChI is InChI=1S/C20H22N2OS2/c1-20(2,3)12-9-10-14-15(11-12)25-17-16(14)18(23)22(19(24)21-17)13-7-5-4-6-8-13/h4-8,12H,9-11H2,1-3H3,(H,21,24)/t12-/m0/s1. The number of H-pyrrole nitrogens is 1. The lowest BCUT2D eigenvalue weighted by Gasteiger charge is -2.33. The van der Waals surface area contributed by atoms with Crippen LogP contribution in [-0.4, -0.2) is 9.55 Å². The molecule has 0 unspecified atom stereocenters. The summed E-state index contributed by atoms with van der Waals surface area (Å²) in [5, 5.41) is 0.838. The van der Waals surface area contributed by atoms with Gasteiger partial charge in [0, 0.05) is 4.88 Å². The smallest absolute Gasteiger partial charge is 0.267 e. The van der Waals surface area contributed by atoms with E-state index in [1.165, 1.54) is 10.4 Å². The highest BCUT2D eigenvalue weighted by atomic mass is 32.1. The molecule has 3 nitrogen and oxygen atoms in total. The largest absolute Gasteiger partial charge is 0.323 e. The lowest BCUT2D eigenvalue weighted by Crippen LogP contribution is -2.27. The van der Waals surface area contributed by atoms with E-state index in [0.29, 0.717) is 16.1 Å². The number of benzene rings is 1. The zero-order valence-electron chi connectivity index (χ0n) is 14.8. The van der Waals surface area contributed by atoms with Crippen LogP contribution in [0.15, 0.2) is 35.1 Å². The van der Waals surface area contributed by atoms with Gasteiger partial charge in [-0.05, 0) is 60.5 Å². The highest BCUT2D eigenvalue weighted by Gasteiger charge is 2.31. The predicted octanol–water partition coefficient (Wildman–Crippen LogP) is 5.26. The summed E-state index contributed by atoms with van der Waals surface area (Å²) in [5.41, 5.74) is 2.36. The Morgan fingerprint density at radius 1 is 1.24 bits per heavy atom. The van der Waals surface area contributed by atoms with Gasteiger partial charge in [-0.3, -0.25) is 9.36 Å². The van der Waals surface area contributed by atoms with Crippen LogP contribution < -0.4 is 5.56 Å². The van der Waals surface area contributed by atoms with E-state index in [9.17, 15) is 4.79 Å². The minimum absolute atomic E-state index is 0.0108. The average Bonchev–Trinajstić information content (AvgIpc) is 2.92. The Kier molecular flexibility index (Phi) is 3.96. The molecule has 25 heavy (non-hydrogen) atoms. The molecule has 0 saturated heterocycles. The van der Waals surface area contributed by atoms with Gasteiger partial charge in [0.1, 0.15) is 4.83 Å². The van der Waals surface area contributed by atoms with Gasteiger partial charge in [-0.15, -0.1) is 11.3 Å². The first-order valence-corrected chi connectivity index (χ1v) is 9.94. The maximum Gasteiger partial charge on any atom is 0.267 e. The predicted molar refractivity (Wildman–Crippen MR) is 108 cm³/mol. The number of aromatic nitrogens is 2. The number of nitrogens with one attached hydrogen (secondary N) is 1. The molecule has 1 N–H and O–H groups in total. The van der Waals surface area contributed by atoms with Gasteiger partial charge < -0.3 is 4.98 Å². The fourth-order valence-corrected chi connectivity index (χ4v) is 5.48. The monoisotopic (exact) mass is 370 g/mol. The van der Waals surface area contributed by atoms with Gasteiger partial charge in [-0.25, -0.2) is 0 Å². The van der Waals surface area contributed by atoms with E-state index >= 15 is 0 Å². The Morgan fingerprint density at radius 2 is 1.96 bits per heavy atom. The molecular formula is C20H22N2OS2. The number of thiophene rings is 1. The molecular weight excluding hydrogens is 348 g/mol. The second-order valence-corrected chi connectivity index (χ2v) is 9.41. The van der Waals surface area contributed by atoms with E-state index in [0.717, 1.165) is 35.2 Å². The van der Waals surface area contributed by atoms with Crippen LogP contribution in [0.25, 0.3) is 15.9 Å². The molecule has 0 fully saturated rings. The third-order valence-electron chi connectivity index (χ3n) is 5.34. The van der Waals surface area contributed by atoms with Crippen molar-refractivity contribution in [1.29, 1.82) is 0 Å². The average molecular weight is 371 g/mol. The molecule has 0 amide bonds. The van der Waals surface area contributed by atoms with E-state index in [1.54, 1.807) is 15.9 Å². The van der Waals surface area contributed by atoms with Crippen LogP contribution >= 0.6 is 23.6 Å². The van der Waals surface area contributed by atoms with Gasteiger partial charge in [0.15, 0.2) is 4.77 Å². The first-order valence-electron chi connectivity index (χ1n) is 8.71. The first kappa shape index (κ1) is 16.7. The summed E-state index contributed by atoms with van der Waals surface area (Å²) in [6.45, 7) is 6.93. The number of aryl methyl sites for hydroxylation is 1. The van der Waals surface area contributed by atoms with Crippen molar-refractivity contribution in [2.24, 2.45) is 11.3 Å². The Morgan fingerprint density at radius 3 is 2.64 bits per heavy atom. The van der Waals surface area contributed by atoms with Crippen molar-refractivity contribution in [1.82, 2.24) is 9.55 Å². The summed E-state index contributed by atoms with van der Waals surface area (Å²) in [6, 6.07) is 9.64. The highest BCUT2D eigenvalue weighted by molar-refractivity contribution is 7.71. The Balaban J connectivity index is 1.92. The number of rotatable bonds is 1. The molecule has 1 aliphatic carbocycles. The zero-order chi connectivity index (χ0) is 17.8. The van der Waals surface area contributed by atoms with Crippen LogP contribution in [0.2, 0.25) is 0 Å². The summed E-state index contributed by atoms with van der Waals surface area (Å²) in [5.74, 6) is 0.660. The van der Waals surface area contributed by atoms with Crippen LogP contribution in [0.4, 0.5) is 0 Å². The van der Waals surface area contributed by atoms with Crippen molar-refractivity contribution < 1.29 is 0 Å².